The van der Waals surface area contributed by atoms with Crippen LogP contribution in [0.15, 0.2) is 24.3 Å². The highest BCUT2D eigenvalue weighted by Gasteiger charge is 2.16. The Morgan fingerprint density at radius 3 is 2.75 bits per heavy atom. The number of amides is 1. The number of carbonyl (C=O) groups excluding carboxylic acids is 1. The van der Waals surface area contributed by atoms with Crippen LogP contribution in [-0.2, 0) is 4.79 Å². The maximum Gasteiger partial charge on any atom is 0.241 e. The Morgan fingerprint density at radius 1 is 1.50 bits per heavy atom. The molecule has 0 saturated carbocycles. The predicted octanol–water partition coefficient (Wildman–Crippen LogP) is 1.59. The van der Waals surface area contributed by atoms with Crippen LogP contribution in [0.4, 0.5) is 5.69 Å². The summed E-state index contributed by atoms with van der Waals surface area (Å²) in [5.41, 5.74) is 7.14. The summed E-state index contributed by atoms with van der Waals surface area (Å²) in [4.78, 5) is 11.7. The lowest BCUT2D eigenvalue weighted by molar-refractivity contribution is -0.118. The third-order valence-corrected chi connectivity index (χ3v) is 2.32. The van der Waals surface area contributed by atoms with E-state index < -0.39 is 6.04 Å². The average molecular weight is 216 g/mol. The third-order valence-electron chi connectivity index (χ3n) is 2.32. The summed E-state index contributed by atoms with van der Waals surface area (Å²) >= 11 is 0. The zero-order valence-electron chi connectivity index (χ0n) is 9.53. The van der Waals surface area contributed by atoms with Crippen molar-refractivity contribution in [2.24, 2.45) is 11.7 Å². The van der Waals surface area contributed by atoms with Gasteiger partial charge in [0.2, 0.25) is 5.91 Å². The Morgan fingerprint density at radius 2 is 2.19 bits per heavy atom. The van der Waals surface area contributed by atoms with Gasteiger partial charge in [0.1, 0.15) is 0 Å². The van der Waals surface area contributed by atoms with Crippen LogP contribution in [0.1, 0.15) is 19.4 Å². The molecule has 16 heavy (non-hydrogen) atoms. The van der Waals surface area contributed by atoms with Crippen LogP contribution in [0.3, 0.4) is 0 Å². The molecule has 3 N–H and O–H groups in total. The molecule has 1 atom stereocenters. The second-order valence-electron chi connectivity index (χ2n) is 3.98. The maximum atomic E-state index is 11.7. The van der Waals surface area contributed by atoms with Crippen LogP contribution in [0.5, 0.6) is 0 Å². The van der Waals surface area contributed by atoms with E-state index in [1.807, 2.05) is 13.8 Å². The molecule has 1 unspecified atom stereocenters. The summed E-state index contributed by atoms with van der Waals surface area (Å²) in [5, 5.41) is 2.74. The van der Waals surface area contributed by atoms with E-state index in [9.17, 15) is 4.79 Å². The van der Waals surface area contributed by atoms with Gasteiger partial charge in [0.25, 0.3) is 0 Å². The molecule has 0 aliphatic heterocycles. The number of nitrogens with two attached hydrogens (primary N) is 1. The van der Waals surface area contributed by atoms with Crippen molar-refractivity contribution >= 4 is 11.6 Å². The Labute approximate surface area is 96.0 Å². The monoisotopic (exact) mass is 216 g/mol. The SMILES string of the molecule is C#Cc1cccc(NC(=O)C(N)C(C)C)c1. The fourth-order valence-electron chi connectivity index (χ4n) is 1.22. The molecule has 1 amide bonds. The van der Waals surface area contributed by atoms with Gasteiger partial charge in [-0.3, -0.25) is 4.79 Å². The quantitative estimate of drug-likeness (QED) is 0.754. The number of rotatable bonds is 3. The summed E-state index contributed by atoms with van der Waals surface area (Å²) in [6, 6.07) is 6.62. The van der Waals surface area contributed by atoms with Gasteiger partial charge >= 0.3 is 0 Å². The molecule has 1 rings (SSSR count). The van der Waals surface area contributed by atoms with Crippen LogP contribution < -0.4 is 11.1 Å². The molecular formula is C13H16N2O. The Hall–Kier alpha value is -1.79. The molecule has 0 heterocycles. The lowest BCUT2D eigenvalue weighted by atomic mass is 10.0. The van der Waals surface area contributed by atoms with Crippen LogP contribution in [0.25, 0.3) is 0 Å². The second-order valence-corrected chi connectivity index (χ2v) is 3.98. The van der Waals surface area contributed by atoms with Crippen LogP contribution in [0.2, 0.25) is 0 Å². The molecule has 1 aromatic carbocycles. The zero-order chi connectivity index (χ0) is 12.1. The molecule has 1 aromatic rings. The van der Waals surface area contributed by atoms with Crippen molar-refractivity contribution < 1.29 is 4.79 Å². The van der Waals surface area contributed by atoms with Crippen LogP contribution in [0, 0.1) is 18.3 Å². The summed E-state index contributed by atoms with van der Waals surface area (Å²) in [5.74, 6) is 2.43. The van der Waals surface area contributed by atoms with Crippen molar-refractivity contribution in [1.82, 2.24) is 0 Å². The van der Waals surface area contributed by atoms with E-state index in [1.165, 1.54) is 0 Å². The first kappa shape index (κ1) is 12.3. The van der Waals surface area contributed by atoms with Gasteiger partial charge in [-0.15, -0.1) is 6.42 Å². The fraction of sp³-hybridized carbons (Fsp3) is 0.308. The van der Waals surface area contributed by atoms with Gasteiger partial charge in [-0.05, 0) is 24.1 Å². The summed E-state index contributed by atoms with van der Waals surface area (Å²) < 4.78 is 0. The standard InChI is InChI=1S/C13H16N2O/c1-4-10-6-5-7-11(8-10)15-13(16)12(14)9(2)3/h1,5-9,12H,14H2,2-3H3,(H,15,16). The normalized spacial score (nSPS) is 11.9. The second kappa shape index (κ2) is 5.34. The Kier molecular flexibility index (Phi) is 4.10. The van der Waals surface area contributed by atoms with Crippen molar-refractivity contribution in [2.75, 3.05) is 5.32 Å². The molecule has 0 saturated heterocycles. The minimum atomic E-state index is -0.505. The fourth-order valence-corrected chi connectivity index (χ4v) is 1.22. The molecule has 3 nitrogen and oxygen atoms in total. The number of carbonyl (C=O) groups is 1. The lowest BCUT2D eigenvalue weighted by Gasteiger charge is -2.15. The molecule has 0 aliphatic rings. The van der Waals surface area contributed by atoms with Gasteiger partial charge in [-0.25, -0.2) is 0 Å². The lowest BCUT2D eigenvalue weighted by Crippen LogP contribution is -2.39. The number of nitrogens with one attached hydrogen (secondary N) is 1. The molecule has 0 aliphatic carbocycles. The van der Waals surface area contributed by atoms with E-state index in [-0.39, 0.29) is 11.8 Å². The van der Waals surface area contributed by atoms with E-state index in [0.29, 0.717) is 5.69 Å². The van der Waals surface area contributed by atoms with Gasteiger partial charge in [0, 0.05) is 11.3 Å². The number of hydrogen-bond acceptors (Lipinski definition) is 2. The minimum absolute atomic E-state index is 0.107. The van der Waals surface area contributed by atoms with Crippen molar-refractivity contribution in [2.45, 2.75) is 19.9 Å². The van der Waals surface area contributed by atoms with E-state index >= 15 is 0 Å². The molecule has 0 bridgehead atoms. The number of anilines is 1. The van der Waals surface area contributed by atoms with Gasteiger partial charge in [-0.2, -0.15) is 0 Å². The summed E-state index contributed by atoms with van der Waals surface area (Å²) in [7, 11) is 0. The highest BCUT2D eigenvalue weighted by molar-refractivity contribution is 5.94. The average Bonchev–Trinajstić information content (AvgIpc) is 2.28. The van der Waals surface area contributed by atoms with E-state index in [2.05, 4.69) is 11.2 Å². The van der Waals surface area contributed by atoms with Gasteiger partial charge in [0.15, 0.2) is 0 Å². The van der Waals surface area contributed by atoms with E-state index in [1.54, 1.807) is 24.3 Å². The Balaban J connectivity index is 2.74. The number of terminal acetylenes is 1. The number of hydrogen-bond donors (Lipinski definition) is 2. The highest BCUT2D eigenvalue weighted by Crippen LogP contribution is 2.11. The molecular weight excluding hydrogens is 200 g/mol. The first-order valence-corrected chi connectivity index (χ1v) is 5.17. The largest absolute Gasteiger partial charge is 0.325 e. The zero-order valence-corrected chi connectivity index (χ0v) is 9.53. The molecule has 0 aromatic heterocycles. The summed E-state index contributed by atoms with van der Waals surface area (Å²) in [6.45, 7) is 3.81. The van der Waals surface area contributed by atoms with Crippen molar-refractivity contribution in [3.63, 3.8) is 0 Å². The van der Waals surface area contributed by atoms with Crippen LogP contribution in [-0.4, -0.2) is 11.9 Å². The third kappa shape index (κ3) is 3.11. The smallest absolute Gasteiger partial charge is 0.241 e. The first-order chi connectivity index (χ1) is 7.54. The van der Waals surface area contributed by atoms with Crippen molar-refractivity contribution in [3.05, 3.63) is 29.8 Å². The van der Waals surface area contributed by atoms with Gasteiger partial charge in [0.05, 0.1) is 6.04 Å². The van der Waals surface area contributed by atoms with Crippen molar-refractivity contribution in [3.8, 4) is 12.3 Å². The molecule has 0 radical (unpaired) electrons. The van der Waals surface area contributed by atoms with Gasteiger partial charge < -0.3 is 11.1 Å². The van der Waals surface area contributed by atoms with Crippen molar-refractivity contribution in [1.29, 1.82) is 0 Å². The predicted molar refractivity (Wildman–Crippen MR) is 65.8 cm³/mol. The van der Waals surface area contributed by atoms with Crippen LogP contribution >= 0.6 is 0 Å². The molecule has 0 fully saturated rings. The Bertz CT molecular complexity index is 418. The maximum absolute atomic E-state index is 11.7. The van der Waals surface area contributed by atoms with Gasteiger partial charge in [-0.1, -0.05) is 25.8 Å². The molecule has 84 valence electrons. The molecule has 3 heteroatoms. The van der Waals surface area contributed by atoms with E-state index in [0.717, 1.165) is 5.56 Å². The summed E-state index contributed by atoms with van der Waals surface area (Å²) in [6.07, 6.45) is 5.27. The highest BCUT2D eigenvalue weighted by atomic mass is 16.2. The number of benzene rings is 1. The topological polar surface area (TPSA) is 55.1 Å². The van der Waals surface area contributed by atoms with E-state index in [4.69, 9.17) is 12.2 Å². The first-order valence-electron chi connectivity index (χ1n) is 5.17. The molecule has 0 spiro atoms. The minimum Gasteiger partial charge on any atom is -0.325 e.